The molecule has 6 aromatic rings. The van der Waals surface area contributed by atoms with Crippen LogP contribution in [0.2, 0.25) is 0 Å². The van der Waals surface area contributed by atoms with Gasteiger partial charge in [-0.2, -0.15) is 0 Å². The van der Waals surface area contributed by atoms with Crippen LogP contribution in [0.4, 0.5) is 4.79 Å². The standard InChI is InChI=1S/C54H59N5O9/c60-46-22-20-44(45-21-23-49(62)57-52(45)46)47(61)33-55-26-7-8-29-66-50(63)32-42(30-36-10-3-1-4-11-36)56-53(64)40-18-16-37(17-19-40)35-67-43-15-9-14-41(31-43)51(39-12-5-2-6-13-39)58-54(65)68-48-34-59-27-24-38(48)25-28-59/h1-6,9-23,31,38,42,47-48,51,55,60-61H,7-8,24-30,32-35H2,(H,56,64)(H,57,62)(H,58,65)/t42-,47-,48-,51?/m0/s1. The van der Waals surface area contributed by atoms with Crippen LogP contribution in [0.15, 0.2) is 138 Å². The number of pyridine rings is 1. The van der Waals surface area contributed by atoms with Gasteiger partial charge in [0, 0.05) is 36.1 Å². The lowest BCUT2D eigenvalue weighted by Gasteiger charge is -2.43. The Kier molecular flexibility index (Phi) is 16.2. The van der Waals surface area contributed by atoms with Crippen molar-refractivity contribution in [1.29, 1.82) is 0 Å². The van der Waals surface area contributed by atoms with Gasteiger partial charge < -0.3 is 45.4 Å². The Morgan fingerprint density at radius 1 is 0.794 bits per heavy atom. The molecule has 14 heteroatoms. The number of aliphatic hydroxyl groups is 1. The number of aromatic nitrogens is 1. The predicted octanol–water partition coefficient (Wildman–Crippen LogP) is 7.10. The molecule has 1 aromatic heterocycles. The minimum absolute atomic E-state index is 0.0104. The number of aromatic amines is 1. The maximum absolute atomic E-state index is 13.6. The van der Waals surface area contributed by atoms with Crippen LogP contribution in [-0.2, 0) is 27.3 Å². The average Bonchev–Trinajstić information content (AvgIpc) is 3.36. The third-order valence-electron chi connectivity index (χ3n) is 12.8. The van der Waals surface area contributed by atoms with Crippen LogP contribution in [0.3, 0.4) is 0 Å². The fraction of sp³-hybridized carbons (Fsp3) is 0.333. The molecule has 0 saturated carbocycles. The van der Waals surface area contributed by atoms with Crippen LogP contribution < -0.4 is 26.2 Å². The molecule has 1 unspecified atom stereocenters. The number of esters is 1. The molecule has 354 valence electrons. The van der Waals surface area contributed by atoms with E-state index in [2.05, 4.69) is 25.8 Å². The molecule has 9 rings (SSSR count). The van der Waals surface area contributed by atoms with Gasteiger partial charge in [-0.15, -0.1) is 0 Å². The number of alkyl carbamates (subject to hydrolysis) is 1. The minimum atomic E-state index is -0.873. The predicted molar refractivity (Wildman–Crippen MR) is 258 cm³/mol. The highest BCUT2D eigenvalue weighted by Crippen LogP contribution is 2.32. The largest absolute Gasteiger partial charge is 0.506 e. The summed E-state index contributed by atoms with van der Waals surface area (Å²) >= 11 is 0. The smallest absolute Gasteiger partial charge is 0.408 e. The van der Waals surface area contributed by atoms with Crippen LogP contribution in [0.5, 0.6) is 11.5 Å². The first-order valence-electron chi connectivity index (χ1n) is 23.5. The van der Waals surface area contributed by atoms with Crippen molar-refractivity contribution in [2.45, 2.75) is 69.4 Å². The van der Waals surface area contributed by atoms with Crippen molar-refractivity contribution in [2.24, 2.45) is 5.92 Å². The van der Waals surface area contributed by atoms with Crippen LogP contribution in [0.1, 0.15) is 82.4 Å². The normalized spacial score (nSPS) is 17.7. The third kappa shape index (κ3) is 12.9. The zero-order valence-electron chi connectivity index (χ0n) is 38.0. The van der Waals surface area contributed by atoms with Gasteiger partial charge in [-0.05, 0) is 122 Å². The summed E-state index contributed by atoms with van der Waals surface area (Å²) in [6.07, 6.45) is 2.40. The van der Waals surface area contributed by atoms with E-state index in [4.69, 9.17) is 14.2 Å². The summed E-state index contributed by atoms with van der Waals surface area (Å²) in [6.45, 7) is 4.18. The van der Waals surface area contributed by atoms with E-state index in [1.54, 1.807) is 24.3 Å². The van der Waals surface area contributed by atoms with Crippen molar-refractivity contribution in [3.63, 3.8) is 0 Å². The number of aromatic hydroxyl groups is 1. The Morgan fingerprint density at radius 2 is 1.54 bits per heavy atom. The molecule has 14 nitrogen and oxygen atoms in total. The van der Waals surface area contributed by atoms with Crippen LogP contribution >= 0.6 is 0 Å². The lowest BCUT2D eigenvalue weighted by molar-refractivity contribution is -0.144. The fourth-order valence-electron chi connectivity index (χ4n) is 9.08. The van der Waals surface area contributed by atoms with Gasteiger partial charge in [-0.25, -0.2) is 4.79 Å². The Labute approximate surface area is 395 Å². The lowest BCUT2D eigenvalue weighted by Crippen LogP contribution is -2.52. The van der Waals surface area contributed by atoms with Crippen molar-refractivity contribution >= 4 is 28.9 Å². The maximum Gasteiger partial charge on any atom is 0.408 e. The number of piperidine rings is 3. The number of phenols is 1. The molecule has 2 bridgehead atoms. The van der Waals surface area contributed by atoms with E-state index in [-0.39, 0.29) is 55.0 Å². The zero-order chi connectivity index (χ0) is 47.2. The molecule has 4 heterocycles. The van der Waals surface area contributed by atoms with Gasteiger partial charge in [0.2, 0.25) is 5.56 Å². The van der Waals surface area contributed by atoms with Gasteiger partial charge in [0.1, 0.15) is 24.2 Å². The topological polar surface area (TPSA) is 192 Å². The monoisotopic (exact) mass is 921 g/mol. The van der Waals surface area contributed by atoms with E-state index >= 15 is 0 Å². The number of carbonyl (C=O) groups excluding carboxylic acids is 3. The minimum Gasteiger partial charge on any atom is -0.506 e. The first-order chi connectivity index (χ1) is 33.1. The number of ether oxygens (including phenoxy) is 3. The first kappa shape index (κ1) is 47.5. The number of rotatable bonds is 21. The molecular formula is C54H59N5O9. The molecule has 0 aliphatic carbocycles. The molecule has 68 heavy (non-hydrogen) atoms. The molecule has 4 atom stereocenters. The SMILES string of the molecule is O=C(C[C@H](Cc1ccccc1)NC(=O)c1ccc(COc2cccc(C(NC(=O)O[C@H]3CN4CCC3CC4)c3ccccc3)c2)cc1)OCCCCNC[C@H](O)c1ccc(O)c2[nH]c(=O)ccc12. The Balaban J connectivity index is 0.799. The van der Waals surface area contributed by atoms with Crippen molar-refractivity contribution in [3.8, 4) is 11.5 Å². The third-order valence-corrected chi connectivity index (χ3v) is 12.8. The quantitative estimate of drug-likeness (QED) is 0.0319. The molecular weight excluding hydrogens is 863 g/mol. The number of fused-ring (bicyclic) bond motifs is 4. The molecule has 3 aliphatic rings. The molecule has 5 aromatic carbocycles. The van der Waals surface area contributed by atoms with E-state index in [1.807, 2.05) is 97.1 Å². The fourth-order valence-corrected chi connectivity index (χ4v) is 9.08. The summed E-state index contributed by atoms with van der Waals surface area (Å²) in [6, 6.07) is 39.3. The molecule has 3 saturated heterocycles. The Morgan fingerprint density at radius 3 is 2.29 bits per heavy atom. The second-order valence-electron chi connectivity index (χ2n) is 17.6. The highest BCUT2D eigenvalue weighted by atomic mass is 16.6. The zero-order valence-corrected chi connectivity index (χ0v) is 38.0. The number of hydrogen-bond acceptors (Lipinski definition) is 11. The number of nitrogens with one attached hydrogen (secondary N) is 4. The van der Waals surface area contributed by atoms with Crippen molar-refractivity contribution < 1.29 is 38.8 Å². The highest BCUT2D eigenvalue weighted by molar-refractivity contribution is 5.94. The maximum atomic E-state index is 13.6. The number of unbranched alkanes of at least 4 members (excludes halogenated alkanes) is 1. The van der Waals surface area contributed by atoms with E-state index in [0.29, 0.717) is 54.0 Å². The van der Waals surface area contributed by atoms with E-state index < -0.39 is 30.3 Å². The van der Waals surface area contributed by atoms with Gasteiger partial charge in [0.15, 0.2) is 0 Å². The van der Waals surface area contributed by atoms with Gasteiger partial charge >= 0.3 is 12.1 Å². The summed E-state index contributed by atoms with van der Waals surface area (Å²) in [7, 11) is 0. The van der Waals surface area contributed by atoms with Crippen molar-refractivity contribution in [3.05, 3.63) is 177 Å². The van der Waals surface area contributed by atoms with Crippen LogP contribution in [0.25, 0.3) is 10.9 Å². The number of phenolic OH excluding ortho intramolecular Hbond substituents is 1. The van der Waals surface area contributed by atoms with Gasteiger partial charge in [0.25, 0.3) is 5.91 Å². The van der Waals surface area contributed by atoms with E-state index in [9.17, 15) is 29.4 Å². The number of carbonyl (C=O) groups is 3. The Hall–Kier alpha value is -7.00. The van der Waals surface area contributed by atoms with Gasteiger partial charge in [0.05, 0.1) is 30.7 Å². The molecule has 0 spiro atoms. The second kappa shape index (κ2) is 23.1. The Bertz CT molecular complexity index is 2670. The molecule has 2 amide bonds. The number of H-pyrrole nitrogens is 1. The summed E-state index contributed by atoms with van der Waals surface area (Å²) in [5, 5.41) is 30.9. The number of hydrogen-bond donors (Lipinski definition) is 6. The summed E-state index contributed by atoms with van der Waals surface area (Å²) in [5.41, 5.74) is 4.55. The number of benzene rings is 5. The van der Waals surface area contributed by atoms with Gasteiger partial charge in [-0.1, -0.05) is 91.0 Å². The van der Waals surface area contributed by atoms with Gasteiger partial charge in [-0.3, -0.25) is 19.3 Å². The number of nitrogens with zero attached hydrogens (tertiary/aromatic N) is 1. The van der Waals surface area contributed by atoms with Crippen LogP contribution in [-0.4, -0.2) is 89.5 Å². The van der Waals surface area contributed by atoms with Crippen LogP contribution in [0, 0.1) is 5.92 Å². The summed E-state index contributed by atoms with van der Waals surface area (Å²) < 4.78 is 17.8. The molecule has 3 aliphatic heterocycles. The number of aliphatic hydroxyl groups excluding tert-OH is 1. The highest BCUT2D eigenvalue weighted by Gasteiger charge is 2.37. The summed E-state index contributed by atoms with van der Waals surface area (Å²) in [4.78, 5) is 56.6. The number of amides is 2. The van der Waals surface area contributed by atoms with Crippen molar-refractivity contribution in [2.75, 3.05) is 39.3 Å². The average molecular weight is 922 g/mol. The van der Waals surface area contributed by atoms with E-state index in [1.165, 1.54) is 12.1 Å². The van der Waals surface area contributed by atoms with Crippen molar-refractivity contribution in [1.82, 2.24) is 25.8 Å². The molecule has 3 fully saturated rings. The molecule has 6 N–H and O–H groups in total. The lowest BCUT2D eigenvalue weighted by atomic mass is 9.86. The second-order valence-corrected chi connectivity index (χ2v) is 17.6. The first-order valence-corrected chi connectivity index (χ1v) is 23.5. The molecule has 0 radical (unpaired) electrons. The summed E-state index contributed by atoms with van der Waals surface area (Å²) in [5.74, 6) is 0.231. The van der Waals surface area contributed by atoms with E-state index in [0.717, 1.165) is 54.7 Å².